The first-order valence-electron chi connectivity index (χ1n) is 4.35. The zero-order valence-electron chi connectivity index (χ0n) is 7.82. The molecule has 0 aliphatic rings. The van der Waals surface area contributed by atoms with Crippen LogP contribution in [0.25, 0.3) is 4.96 Å². The zero-order valence-corrected chi connectivity index (χ0v) is 8.64. The smallest absolute Gasteiger partial charge is 0.194 e. The molecular formula is C9H13N3S. The van der Waals surface area contributed by atoms with Gasteiger partial charge in [0.05, 0.1) is 5.69 Å². The Bertz CT molecular complexity index is 382. The summed E-state index contributed by atoms with van der Waals surface area (Å²) in [6.07, 6.45) is 5.09. The van der Waals surface area contributed by atoms with Crippen molar-refractivity contribution in [2.24, 2.45) is 5.73 Å². The van der Waals surface area contributed by atoms with Gasteiger partial charge in [0.15, 0.2) is 4.96 Å². The summed E-state index contributed by atoms with van der Waals surface area (Å²) in [5, 5.41) is 0. The minimum absolute atomic E-state index is 0.226. The van der Waals surface area contributed by atoms with E-state index in [0.717, 1.165) is 17.1 Å². The molecule has 1 atom stereocenters. The summed E-state index contributed by atoms with van der Waals surface area (Å²) in [4.78, 5) is 6.75. The molecular weight excluding hydrogens is 182 g/mol. The van der Waals surface area contributed by atoms with Gasteiger partial charge in [-0.3, -0.25) is 4.40 Å². The molecule has 2 aromatic rings. The quantitative estimate of drug-likeness (QED) is 0.791. The molecule has 0 amide bonds. The van der Waals surface area contributed by atoms with Crippen LogP contribution in [0.1, 0.15) is 17.5 Å². The molecule has 0 aliphatic carbocycles. The number of fused-ring (bicyclic) bond motifs is 1. The maximum atomic E-state index is 5.72. The van der Waals surface area contributed by atoms with Crippen molar-refractivity contribution in [2.45, 2.75) is 26.3 Å². The van der Waals surface area contributed by atoms with Crippen LogP contribution in [0, 0.1) is 6.92 Å². The number of imidazole rings is 1. The Morgan fingerprint density at radius 3 is 3.00 bits per heavy atom. The van der Waals surface area contributed by atoms with E-state index >= 15 is 0 Å². The predicted octanol–water partition coefficient (Wildman–Crippen LogP) is 1.59. The van der Waals surface area contributed by atoms with Crippen molar-refractivity contribution < 1.29 is 0 Å². The number of aryl methyl sites for hydroxylation is 1. The highest BCUT2D eigenvalue weighted by molar-refractivity contribution is 7.17. The molecule has 70 valence electrons. The third kappa shape index (κ3) is 1.73. The topological polar surface area (TPSA) is 43.3 Å². The zero-order chi connectivity index (χ0) is 9.42. The van der Waals surface area contributed by atoms with Crippen LogP contribution < -0.4 is 5.73 Å². The molecule has 0 aromatic carbocycles. The fourth-order valence-corrected chi connectivity index (χ4v) is 2.52. The van der Waals surface area contributed by atoms with E-state index in [2.05, 4.69) is 15.6 Å². The Kier molecular flexibility index (Phi) is 2.09. The van der Waals surface area contributed by atoms with Crippen LogP contribution in [0.3, 0.4) is 0 Å². The average Bonchev–Trinajstić information content (AvgIpc) is 2.41. The van der Waals surface area contributed by atoms with Crippen molar-refractivity contribution in [3.8, 4) is 0 Å². The first kappa shape index (κ1) is 8.72. The third-order valence-corrected chi connectivity index (χ3v) is 2.87. The van der Waals surface area contributed by atoms with Gasteiger partial charge in [-0.05, 0) is 20.3 Å². The van der Waals surface area contributed by atoms with Crippen molar-refractivity contribution in [1.29, 1.82) is 0 Å². The number of hydrogen-bond donors (Lipinski definition) is 1. The van der Waals surface area contributed by atoms with Crippen LogP contribution in [0.15, 0.2) is 12.4 Å². The van der Waals surface area contributed by atoms with Gasteiger partial charge in [-0.1, -0.05) is 0 Å². The molecule has 0 fully saturated rings. The second-order valence-corrected chi connectivity index (χ2v) is 4.54. The summed E-state index contributed by atoms with van der Waals surface area (Å²) in [6, 6.07) is 0.226. The monoisotopic (exact) mass is 195 g/mol. The van der Waals surface area contributed by atoms with Crippen molar-refractivity contribution >= 4 is 16.3 Å². The van der Waals surface area contributed by atoms with Crippen molar-refractivity contribution in [3.63, 3.8) is 0 Å². The molecule has 0 spiro atoms. The summed E-state index contributed by atoms with van der Waals surface area (Å²) < 4.78 is 2.07. The lowest BCUT2D eigenvalue weighted by atomic mass is 10.2. The Morgan fingerprint density at radius 1 is 1.62 bits per heavy atom. The minimum atomic E-state index is 0.226. The molecule has 2 N–H and O–H groups in total. The maximum Gasteiger partial charge on any atom is 0.194 e. The normalized spacial score (nSPS) is 13.8. The third-order valence-electron chi connectivity index (χ3n) is 1.85. The molecule has 4 heteroatoms. The number of nitrogens with zero attached hydrogens (tertiary/aromatic N) is 2. The van der Waals surface area contributed by atoms with Crippen molar-refractivity contribution in [3.05, 3.63) is 23.0 Å². The second-order valence-electron chi connectivity index (χ2n) is 3.45. The van der Waals surface area contributed by atoms with Gasteiger partial charge in [0, 0.05) is 23.3 Å². The lowest BCUT2D eigenvalue weighted by Gasteiger charge is -1.99. The molecule has 1 unspecified atom stereocenters. The molecule has 2 heterocycles. The molecule has 13 heavy (non-hydrogen) atoms. The van der Waals surface area contributed by atoms with Gasteiger partial charge in [-0.2, -0.15) is 0 Å². The Labute approximate surface area is 81.2 Å². The Hall–Kier alpha value is -0.870. The molecule has 2 rings (SSSR count). The lowest BCUT2D eigenvalue weighted by molar-refractivity contribution is 0.744. The molecule has 2 aromatic heterocycles. The second kappa shape index (κ2) is 3.12. The van der Waals surface area contributed by atoms with Gasteiger partial charge in [0.25, 0.3) is 0 Å². The number of rotatable bonds is 2. The molecule has 0 saturated heterocycles. The SMILES string of the molecule is Cc1cn2cc(CC(C)N)sc2n1. The summed E-state index contributed by atoms with van der Waals surface area (Å²) >= 11 is 1.72. The van der Waals surface area contributed by atoms with Gasteiger partial charge in [-0.15, -0.1) is 11.3 Å². The highest BCUT2D eigenvalue weighted by Gasteiger charge is 2.05. The number of hydrogen-bond acceptors (Lipinski definition) is 3. The van der Waals surface area contributed by atoms with E-state index in [1.807, 2.05) is 20.0 Å². The fraction of sp³-hybridized carbons (Fsp3) is 0.444. The standard InChI is InChI=1S/C9H13N3S/c1-6(10)3-8-5-12-4-7(2)11-9(12)13-8/h4-6H,3,10H2,1-2H3. The number of thiazole rings is 1. The summed E-state index contributed by atoms with van der Waals surface area (Å²) in [7, 11) is 0. The van der Waals surface area contributed by atoms with Crippen molar-refractivity contribution in [2.75, 3.05) is 0 Å². The molecule has 0 saturated carbocycles. The summed E-state index contributed by atoms with van der Waals surface area (Å²) in [5.74, 6) is 0. The van der Waals surface area contributed by atoms with E-state index in [1.54, 1.807) is 11.3 Å². The molecule has 0 bridgehead atoms. The van der Waals surface area contributed by atoms with Crippen LogP contribution in [0.5, 0.6) is 0 Å². The molecule has 3 nitrogen and oxygen atoms in total. The average molecular weight is 195 g/mol. The molecule has 0 radical (unpaired) electrons. The lowest BCUT2D eigenvalue weighted by Crippen LogP contribution is -2.16. The Morgan fingerprint density at radius 2 is 2.38 bits per heavy atom. The number of nitrogens with two attached hydrogens (primary N) is 1. The highest BCUT2D eigenvalue weighted by atomic mass is 32.1. The van der Waals surface area contributed by atoms with Gasteiger partial charge in [0.2, 0.25) is 0 Å². The largest absolute Gasteiger partial charge is 0.328 e. The maximum absolute atomic E-state index is 5.72. The van der Waals surface area contributed by atoms with Crippen molar-refractivity contribution in [1.82, 2.24) is 9.38 Å². The summed E-state index contributed by atoms with van der Waals surface area (Å²) in [6.45, 7) is 4.03. The van der Waals surface area contributed by atoms with Gasteiger partial charge >= 0.3 is 0 Å². The first-order valence-corrected chi connectivity index (χ1v) is 5.16. The van der Waals surface area contributed by atoms with Crippen LogP contribution in [0.4, 0.5) is 0 Å². The van der Waals surface area contributed by atoms with E-state index in [-0.39, 0.29) is 6.04 Å². The van der Waals surface area contributed by atoms with Gasteiger partial charge < -0.3 is 5.73 Å². The van der Waals surface area contributed by atoms with Crippen LogP contribution >= 0.6 is 11.3 Å². The summed E-state index contributed by atoms with van der Waals surface area (Å²) in [5.41, 5.74) is 6.79. The van der Waals surface area contributed by atoms with E-state index in [0.29, 0.717) is 0 Å². The fourth-order valence-electron chi connectivity index (χ4n) is 1.37. The minimum Gasteiger partial charge on any atom is -0.328 e. The van der Waals surface area contributed by atoms with Crippen LogP contribution in [-0.2, 0) is 6.42 Å². The number of aromatic nitrogens is 2. The highest BCUT2D eigenvalue weighted by Crippen LogP contribution is 2.18. The first-order chi connectivity index (χ1) is 6.15. The van der Waals surface area contributed by atoms with Crippen LogP contribution in [-0.4, -0.2) is 15.4 Å². The van der Waals surface area contributed by atoms with E-state index < -0.39 is 0 Å². The van der Waals surface area contributed by atoms with E-state index in [1.165, 1.54) is 4.88 Å². The van der Waals surface area contributed by atoms with Crippen LogP contribution in [0.2, 0.25) is 0 Å². The van der Waals surface area contributed by atoms with E-state index in [4.69, 9.17) is 5.73 Å². The Balaban J connectivity index is 2.34. The van der Waals surface area contributed by atoms with E-state index in [9.17, 15) is 0 Å². The van der Waals surface area contributed by atoms with Gasteiger partial charge in [-0.25, -0.2) is 4.98 Å². The van der Waals surface area contributed by atoms with Gasteiger partial charge in [0.1, 0.15) is 0 Å². The predicted molar refractivity (Wildman–Crippen MR) is 55.2 cm³/mol. The molecule has 0 aliphatic heterocycles.